The Balaban J connectivity index is 4.13. The first-order chi connectivity index (χ1) is 8.79. The number of carbonyl (C=O) groups is 1. The third-order valence-corrected chi connectivity index (χ3v) is 3.38. The molecule has 0 aliphatic carbocycles. The Kier molecular flexibility index (Phi) is 8.68. The van der Waals surface area contributed by atoms with Crippen LogP contribution in [0.15, 0.2) is 12.2 Å². The number of aliphatic hydroxyl groups is 2. The van der Waals surface area contributed by atoms with E-state index >= 15 is 0 Å². The molecule has 0 aromatic rings. The first-order valence-electron chi connectivity index (χ1n) is 6.90. The molecule has 0 aromatic carbocycles. The fraction of sp³-hybridized carbons (Fsp3) is 0.800. The van der Waals surface area contributed by atoms with E-state index in [1.54, 1.807) is 6.92 Å². The molecule has 0 saturated heterocycles. The van der Waals surface area contributed by atoms with Gasteiger partial charge in [0.1, 0.15) is 0 Å². The Bertz CT molecular complexity index is 286. The number of aliphatic hydroxyl groups excluding tert-OH is 2. The largest absolute Gasteiger partial charge is 0.469 e. The van der Waals surface area contributed by atoms with Gasteiger partial charge in [0, 0.05) is 0 Å². The van der Waals surface area contributed by atoms with Crippen molar-refractivity contribution in [3.05, 3.63) is 12.2 Å². The molecule has 112 valence electrons. The summed E-state index contributed by atoms with van der Waals surface area (Å²) in [6, 6.07) is 0. The van der Waals surface area contributed by atoms with Gasteiger partial charge in [-0.2, -0.15) is 0 Å². The third-order valence-electron chi connectivity index (χ3n) is 3.38. The van der Waals surface area contributed by atoms with Crippen molar-refractivity contribution >= 4 is 5.97 Å². The highest BCUT2D eigenvalue weighted by molar-refractivity contribution is 5.72. The highest BCUT2D eigenvalue weighted by Gasteiger charge is 2.23. The van der Waals surface area contributed by atoms with Crippen LogP contribution in [0.4, 0.5) is 0 Å². The summed E-state index contributed by atoms with van der Waals surface area (Å²) < 4.78 is 4.60. The van der Waals surface area contributed by atoms with Gasteiger partial charge in [0.2, 0.25) is 0 Å². The van der Waals surface area contributed by atoms with Crippen molar-refractivity contribution in [1.82, 2.24) is 0 Å². The standard InChI is InChI=1S/C15H28O4/c1-10(2)13(16)8-6-7-11(3)9-14(17)12(4)15(18)19-5/h6-7,10-14,16-17H,8-9H2,1-5H3/b7-6+/t11-,12+,13+,14+/m0/s1. The highest BCUT2D eigenvalue weighted by atomic mass is 16.5. The lowest BCUT2D eigenvalue weighted by Crippen LogP contribution is -2.28. The van der Waals surface area contributed by atoms with Crippen molar-refractivity contribution < 1.29 is 19.7 Å². The molecule has 0 fully saturated rings. The molecule has 0 rings (SSSR count). The second-order valence-corrected chi connectivity index (χ2v) is 5.57. The van der Waals surface area contributed by atoms with Crippen LogP contribution in [-0.2, 0) is 9.53 Å². The van der Waals surface area contributed by atoms with Crippen molar-refractivity contribution in [2.75, 3.05) is 7.11 Å². The van der Waals surface area contributed by atoms with Gasteiger partial charge in [0.25, 0.3) is 0 Å². The number of methoxy groups -OCH3 is 1. The summed E-state index contributed by atoms with van der Waals surface area (Å²) in [5.74, 6) is -0.507. The minimum atomic E-state index is -0.706. The van der Waals surface area contributed by atoms with E-state index in [1.165, 1.54) is 7.11 Å². The molecule has 4 nitrogen and oxygen atoms in total. The van der Waals surface area contributed by atoms with Gasteiger partial charge >= 0.3 is 5.97 Å². The zero-order valence-corrected chi connectivity index (χ0v) is 12.7. The van der Waals surface area contributed by atoms with Gasteiger partial charge in [0.05, 0.1) is 25.2 Å². The van der Waals surface area contributed by atoms with Gasteiger partial charge in [-0.15, -0.1) is 0 Å². The molecule has 0 spiro atoms. The van der Waals surface area contributed by atoms with Crippen molar-refractivity contribution in [3.63, 3.8) is 0 Å². The van der Waals surface area contributed by atoms with Crippen LogP contribution in [0.25, 0.3) is 0 Å². The van der Waals surface area contributed by atoms with Gasteiger partial charge in [-0.05, 0) is 31.6 Å². The van der Waals surface area contributed by atoms with Crippen LogP contribution < -0.4 is 0 Å². The summed E-state index contributed by atoms with van der Waals surface area (Å²) in [5.41, 5.74) is 0. The van der Waals surface area contributed by atoms with Crippen LogP contribution in [0.3, 0.4) is 0 Å². The van der Waals surface area contributed by atoms with Crippen molar-refractivity contribution in [3.8, 4) is 0 Å². The smallest absolute Gasteiger partial charge is 0.311 e. The van der Waals surface area contributed by atoms with E-state index in [1.807, 2.05) is 32.9 Å². The van der Waals surface area contributed by atoms with Crippen LogP contribution >= 0.6 is 0 Å². The van der Waals surface area contributed by atoms with E-state index in [4.69, 9.17) is 0 Å². The highest BCUT2D eigenvalue weighted by Crippen LogP contribution is 2.16. The summed E-state index contributed by atoms with van der Waals surface area (Å²) in [5, 5.41) is 19.6. The topological polar surface area (TPSA) is 66.8 Å². The van der Waals surface area contributed by atoms with Crippen LogP contribution in [0.5, 0.6) is 0 Å². The second kappa shape index (κ2) is 9.10. The summed E-state index contributed by atoms with van der Waals surface area (Å²) in [6.45, 7) is 7.59. The molecule has 0 bridgehead atoms. The van der Waals surface area contributed by atoms with Crippen molar-refractivity contribution in [2.24, 2.45) is 17.8 Å². The van der Waals surface area contributed by atoms with Crippen LogP contribution in [0.2, 0.25) is 0 Å². The van der Waals surface area contributed by atoms with Crippen LogP contribution in [0, 0.1) is 17.8 Å². The molecular formula is C15H28O4. The summed E-state index contributed by atoms with van der Waals surface area (Å²) in [6.07, 6.45) is 3.99. The lowest BCUT2D eigenvalue weighted by molar-refractivity contribution is -0.148. The van der Waals surface area contributed by atoms with E-state index in [0.717, 1.165) is 0 Å². The minimum Gasteiger partial charge on any atom is -0.469 e. The predicted octanol–water partition coefficient (Wildman–Crippen LogP) is 2.15. The minimum absolute atomic E-state index is 0.154. The maximum Gasteiger partial charge on any atom is 0.311 e. The zero-order chi connectivity index (χ0) is 15.0. The lowest BCUT2D eigenvalue weighted by atomic mass is 9.94. The molecule has 0 unspecified atom stereocenters. The maximum atomic E-state index is 11.3. The van der Waals surface area contributed by atoms with Gasteiger partial charge in [0.15, 0.2) is 0 Å². The summed E-state index contributed by atoms with van der Waals surface area (Å²) >= 11 is 0. The second-order valence-electron chi connectivity index (χ2n) is 5.57. The Morgan fingerprint density at radius 3 is 2.21 bits per heavy atom. The average Bonchev–Trinajstić information content (AvgIpc) is 2.36. The molecule has 19 heavy (non-hydrogen) atoms. The van der Waals surface area contributed by atoms with Gasteiger partial charge in [-0.25, -0.2) is 0 Å². The molecule has 0 radical (unpaired) electrons. The Labute approximate surface area is 116 Å². The zero-order valence-electron chi connectivity index (χ0n) is 12.7. The molecule has 0 saturated carbocycles. The fourth-order valence-corrected chi connectivity index (χ4v) is 1.73. The van der Waals surface area contributed by atoms with Gasteiger partial charge in [-0.1, -0.05) is 32.9 Å². The molecule has 0 aliphatic rings. The normalized spacial score (nSPS) is 18.3. The van der Waals surface area contributed by atoms with E-state index in [-0.39, 0.29) is 23.9 Å². The fourth-order valence-electron chi connectivity index (χ4n) is 1.73. The van der Waals surface area contributed by atoms with Crippen LogP contribution in [0.1, 0.15) is 40.5 Å². The molecular weight excluding hydrogens is 244 g/mol. The number of carbonyl (C=O) groups excluding carboxylic acids is 1. The Hall–Kier alpha value is -0.870. The van der Waals surface area contributed by atoms with Crippen molar-refractivity contribution in [2.45, 2.75) is 52.7 Å². The number of hydrogen-bond acceptors (Lipinski definition) is 4. The molecule has 4 heteroatoms. The molecule has 2 N–H and O–H groups in total. The molecule has 0 amide bonds. The molecule has 0 aromatic heterocycles. The van der Waals surface area contributed by atoms with E-state index in [0.29, 0.717) is 12.8 Å². The quantitative estimate of drug-likeness (QED) is 0.525. The summed E-state index contributed by atoms with van der Waals surface area (Å²) in [7, 11) is 1.32. The first kappa shape index (κ1) is 18.1. The molecule has 0 heterocycles. The summed E-state index contributed by atoms with van der Waals surface area (Å²) in [4.78, 5) is 11.3. The molecule has 4 atom stereocenters. The van der Waals surface area contributed by atoms with E-state index < -0.39 is 12.0 Å². The Morgan fingerprint density at radius 1 is 1.16 bits per heavy atom. The SMILES string of the molecule is COC(=O)[C@H](C)[C@H](O)C[C@@H](C)/C=C/C[C@@H](O)C(C)C. The number of hydrogen-bond donors (Lipinski definition) is 2. The monoisotopic (exact) mass is 272 g/mol. The van der Waals surface area contributed by atoms with E-state index in [9.17, 15) is 15.0 Å². The first-order valence-corrected chi connectivity index (χ1v) is 6.90. The van der Waals surface area contributed by atoms with Crippen molar-refractivity contribution in [1.29, 1.82) is 0 Å². The van der Waals surface area contributed by atoms with E-state index in [2.05, 4.69) is 4.74 Å². The Morgan fingerprint density at radius 2 is 1.74 bits per heavy atom. The number of allylic oxidation sites excluding steroid dienone is 1. The number of ether oxygens (including phenoxy) is 1. The lowest BCUT2D eigenvalue weighted by Gasteiger charge is -2.19. The number of rotatable bonds is 8. The maximum absolute atomic E-state index is 11.3. The average molecular weight is 272 g/mol. The van der Waals surface area contributed by atoms with Gasteiger partial charge < -0.3 is 14.9 Å². The predicted molar refractivity (Wildman–Crippen MR) is 75.6 cm³/mol. The third kappa shape index (κ3) is 7.33. The molecule has 0 aliphatic heterocycles. The number of esters is 1. The van der Waals surface area contributed by atoms with Crippen LogP contribution in [-0.4, -0.2) is 35.5 Å². The van der Waals surface area contributed by atoms with Gasteiger partial charge in [-0.3, -0.25) is 4.79 Å².